The van der Waals surface area contributed by atoms with Gasteiger partial charge < -0.3 is 23.4 Å². The van der Waals surface area contributed by atoms with E-state index in [1.807, 2.05) is 48.5 Å². The standard InChI is InChI=1S/C24H22N2O5/c1-27-19-11-9-16(10-12-19)15-5-7-17(8-6-15)23-25-26-24(31-23)18-13-20(28-2)22(30-4)21(14-18)29-3/h5-14H,1-4H3. The van der Waals surface area contributed by atoms with Crippen LogP contribution in [0.3, 0.4) is 0 Å². The highest BCUT2D eigenvalue weighted by atomic mass is 16.5. The molecule has 4 rings (SSSR count). The summed E-state index contributed by atoms with van der Waals surface area (Å²) in [6.07, 6.45) is 0. The van der Waals surface area contributed by atoms with Gasteiger partial charge in [-0.15, -0.1) is 10.2 Å². The first-order chi connectivity index (χ1) is 15.2. The summed E-state index contributed by atoms with van der Waals surface area (Å²) in [5.74, 6) is 3.13. The van der Waals surface area contributed by atoms with Crippen molar-refractivity contribution in [1.82, 2.24) is 10.2 Å². The van der Waals surface area contributed by atoms with E-state index in [2.05, 4.69) is 10.2 Å². The Kier molecular flexibility index (Phi) is 5.75. The van der Waals surface area contributed by atoms with Crippen LogP contribution in [0.25, 0.3) is 34.0 Å². The lowest BCUT2D eigenvalue weighted by molar-refractivity contribution is 0.324. The average Bonchev–Trinajstić information content (AvgIpc) is 3.33. The van der Waals surface area contributed by atoms with E-state index in [1.165, 1.54) is 0 Å². The summed E-state index contributed by atoms with van der Waals surface area (Å²) in [4.78, 5) is 0. The zero-order valence-electron chi connectivity index (χ0n) is 17.7. The van der Waals surface area contributed by atoms with Crippen LogP contribution in [0, 0.1) is 0 Å². The van der Waals surface area contributed by atoms with Gasteiger partial charge in [0.2, 0.25) is 17.5 Å². The normalized spacial score (nSPS) is 10.6. The molecule has 0 N–H and O–H groups in total. The summed E-state index contributed by atoms with van der Waals surface area (Å²) in [5.41, 5.74) is 3.67. The summed E-state index contributed by atoms with van der Waals surface area (Å²) in [6.45, 7) is 0. The molecule has 0 aliphatic rings. The first-order valence-corrected chi connectivity index (χ1v) is 9.55. The molecule has 31 heavy (non-hydrogen) atoms. The van der Waals surface area contributed by atoms with Crippen molar-refractivity contribution in [3.8, 4) is 57.0 Å². The van der Waals surface area contributed by atoms with Crippen molar-refractivity contribution in [2.24, 2.45) is 0 Å². The molecular weight excluding hydrogens is 396 g/mol. The molecular formula is C24H22N2O5. The Balaban J connectivity index is 1.61. The Hall–Kier alpha value is -4.00. The molecule has 0 amide bonds. The topological polar surface area (TPSA) is 75.8 Å². The van der Waals surface area contributed by atoms with Crippen molar-refractivity contribution in [3.05, 3.63) is 60.7 Å². The van der Waals surface area contributed by atoms with Gasteiger partial charge in [0.15, 0.2) is 11.5 Å². The molecule has 0 bridgehead atoms. The molecule has 7 heteroatoms. The molecule has 0 aliphatic heterocycles. The summed E-state index contributed by atoms with van der Waals surface area (Å²) >= 11 is 0. The van der Waals surface area contributed by atoms with Crippen LogP contribution < -0.4 is 18.9 Å². The predicted octanol–water partition coefficient (Wildman–Crippen LogP) is 5.11. The third-order valence-electron chi connectivity index (χ3n) is 4.89. The van der Waals surface area contributed by atoms with Crippen molar-refractivity contribution in [3.63, 3.8) is 0 Å². The molecule has 0 saturated heterocycles. The van der Waals surface area contributed by atoms with Crippen LogP contribution in [-0.4, -0.2) is 38.6 Å². The number of aromatic nitrogens is 2. The summed E-state index contributed by atoms with van der Waals surface area (Å²) in [7, 11) is 6.33. The quantitative estimate of drug-likeness (QED) is 0.413. The van der Waals surface area contributed by atoms with Crippen LogP contribution in [0.4, 0.5) is 0 Å². The van der Waals surface area contributed by atoms with Crippen molar-refractivity contribution in [2.75, 3.05) is 28.4 Å². The van der Waals surface area contributed by atoms with Crippen molar-refractivity contribution in [1.29, 1.82) is 0 Å². The SMILES string of the molecule is COc1ccc(-c2ccc(-c3nnc(-c4cc(OC)c(OC)c(OC)c4)o3)cc2)cc1. The molecule has 0 atom stereocenters. The summed E-state index contributed by atoms with van der Waals surface area (Å²) < 4.78 is 27.3. The average molecular weight is 418 g/mol. The van der Waals surface area contributed by atoms with E-state index in [9.17, 15) is 0 Å². The number of ether oxygens (including phenoxy) is 4. The number of rotatable bonds is 7. The lowest BCUT2D eigenvalue weighted by Gasteiger charge is -2.12. The van der Waals surface area contributed by atoms with E-state index in [-0.39, 0.29) is 0 Å². The second-order valence-electron chi connectivity index (χ2n) is 6.63. The highest BCUT2D eigenvalue weighted by Crippen LogP contribution is 2.41. The fourth-order valence-corrected chi connectivity index (χ4v) is 3.25. The maximum Gasteiger partial charge on any atom is 0.248 e. The fourth-order valence-electron chi connectivity index (χ4n) is 3.25. The van der Waals surface area contributed by atoms with Gasteiger partial charge in [-0.25, -0.2) is 0 Å². The van der Waals surface area contributed by atoms with E-state index in [4.69, 9.17) is 23.4 Å². The smallest absolute Gasteiger partial charge is 0.248 e. The molecule has 1 heterocycles. The monoisotopic (exact) mass is 418 g/mol. The molecule has 0 fully saturated rings. The largest absolute Gasteiger partial charge is 0.497 e. The lowest BCUT2D eigenvalue weighted by atomic mass is 10.0. The van der Waals surface area contributed by atoms with Gasteiger partial charge in [-0.3, -0.25) is 0 Å². The highest BCUT2D eigenvalue weighted by molar-refractivity contribution is 5.69. The molecule has 0 aliphatic carbocycles. The van der Waals surface area contributed by atoms with Crippen LogP contribution in [-0.2, 0) is 0 Å². The molecule has 4 aromatic rings. The Labute approximate surface area is 180 Å². The molecule has 0 saturated carbocycles. The van der Waals surface area contributed by atoms with Gasteiger partial charge in [-0.05, 0) is 47.5 Å². The van der Waals surface area contributed by atoms with Crippen LogP contribution >= 0.6 is 0 Å². The maximum absolute atomic E-state index is 5.91. The first kappa shape index (κ1) is 20.3. The van der Waals surface area contributed by atoms with E-state index < -0.39 is 0 Å². The molecule has 7 nitrogen and oxygen atoms in total. The number of hydrogen-bond acceptors (Lipinski definition) is 7. The molecule has 158 valence electrons. The van der Waals surface area contributed by atoms with Gasteiger partial charge in [-0.2, -0.15) is 0 Å². The van der Waals surface area contributed by atoms with Gasteiger partial charge in [0.25, 0.3) is 0 Å². The zero-order chi connectivity index (χ0) is 21.8. The second kappa shape index (κ2) is 8.79. The van der Waals surface area contributed by atoms with Gasteiger partial charge in [0.05, 0.1) is 28.4 Å². The van der Waals surface area contributed by atoms with Gasteiger partial charge in [0.1, 0.15) is 5.75 Å². The van der Waals surface area contributed by atoms with Crippen LogP contribution in [0.15, 0.2) is 65.1 Å². The Morgan fingerprint density at radius 3 is 1.52 bits per heavy atom. The van der Waals surface area contributed by atoms with E-state index >= 15 is 0 Å². The predicted molar refractivity (Wildman–Crippen MR) is 117 cm³/mol. The summed E-state index contributed by atoms with van der Waals surface area (Å²) in [6, 6.07) is 19.4. The van der Waals surface area contributed by atoms with Gasteiger partial charge in [-0.1, -0.05) is 24.3 Å². The van der Waals surface area contributed by atoms with E-state index in [0.29, 0.717) is 34.6 Å². The third-order valence-corrected chi connectivity index (χ3v) is 4.89. The molecule has 0 radical (unpaired) electrons. The Bertz CT molecular complexity index is 1140. The lowest BCUT2D eigenvalue weighted by Crippen LogP contribution is -1.95. The van der Waals surface area contributed by atoms with E-state index in [1.54, 1.807) is 40.6 Å². The van der Waals surface area contributed by atoms with Crippen molar-refractivity contribution in [2.45, 2.75) is 0 Å². The second-order valence-corrected chi connectivity index (χ2v) is 6.63. The number of nitrogens with zero attached hydrogens (tertiary/aromatic N) is 2. The zero-order valence-corrected chi connectivity index (χ0v) is 17.7. The molecule has 3 aromatic carbocycles. The fraction of sp³-hybridized carbons (Fsp3) is 0.167. The minimum Gasteiger partial charge on any atom is -0.497 e. The van der Waals surface area contributed by atoms with Crippen molar-refractivity contribution >= 4 is 0 Å². The number of methoxy groups -OCH3 is 4. The van der Waals surface area contributed by atoms with E-state index in [0.717, 1.165) is 22.4 Å². The Morgan fingerprint density at radius 2 is 1.03 bits per heavy atom. The molecule has 1 aromatic heterocycles. The highest BCUT2D eigenvalue weighted by Gasteiger charge is 2.18. The minimum absolute atomic E-state index is 0.355. The number of benzene rings is 3. The van der Waals surface area contributed by atoms with Crippen LogP contribution in [0.1, 0.15) is 0 Å². The first-order valence-electron chi connectivity index (χ1n) is 9.55. The summed E-state index contributed by atoms with van der Waals surface area (Å²) in [5, 5.41) is 8.38. The van der Waals surface area contributed by atoms with Gasteiger partial charge >= 0.3 is 0 Å². The van der Waals surface area contributed by atoms with Crippen LogP contribution in [0.5, 0.6) is 23.0 Å². The van der Waals surface area contributed by atoms with Crippen LogP contribution in [0.2, 0.25) is 0 Å². The minimum atomic E-state index is 0.355. The Morgan fingerprint density at radius 1 is 0.548 bits per heavy atom. The molecule has 0 unspecified atom stereocenters. The van der Waals surface area contributed by atoms with Crippen molar-refractivity contribution < 1.29 is 23.4 Å². The third kappa shape index (κ3) is 4.02. The van der Waals surface area contributed by atoms with Gasteiger partial charge in [0, 0.05) is 11.1 Å². The maximum atomic E-state index is 5.91. The molecule has 0 spiro atoms. The number of hydrogen-bond donors (Lipinski definition) is 0.